The van der Waals surface area contributed by atoms with E-state index in [0.29, 0.717) is 6.07 Å². The third-order valence-electron chi connectivity index (χ3n) is 1.47. The monoisotopic (exact) mass is 185 g/mol. The molecule has 0 saturated heterocycles. The SMILES string of the molecule is C=Cc1cc([N+](=O)[O-])cc(F)c1F. The summed E-state index contributed by atoms with van der Waals surface area (Å²) in [5.41, 5.74) is -0.708. The first kappa shape index (κ1) is 9.31. The maximum Gasteiger partial charge on any atom is 0.273 e. The molecule has 1 aromatic carbocycles. The average Bonchev–Trinajstić information content (AvgIpc) is 2.09. The van der Waals surface area contributed by atoms with Crippen molar-refractivity contribution in [1.82, 2.24) is 0 Å². The molecule has 0 heterocycles. The van der Waals surface area contributed by atoms with Crippen LogP contribution in [0.4, 0.5) is 14.5 Å². The minimum Gasteiger partial charge on any atom is -0.258 e. The van der Waals surface area contributed by atoms with E-state index >= 15 is 0 Å². The molecule has 0 aliphatic carbocycles. The Balaban J connectivity index is 3.38. The van der Waals surface area contributed by atoms with Gasteiger partial charge in [0.05, 0.1) is 11.0 Å². The summed E-state index contributed by atoms with van der Waals surface area (Å²) in [5.74, 6) is -2.37. The van der Waals surface area contributed by atoms with Gasteiger partial charge in [0.15, 0.2) is 11.6 Å². The van der Waals surface area contributed by atoms with Crippen LogP contribution < -0.4 is 0 Å². The molecule has 0 unspecified atom stereocenters. The number of nitro benzene ring substituents is 1. The second kappa shape index (κ2) is 3.30. The number of rotatable bonds is 2. The Hall–Kier alpha value is -1.78. The van der Waals surface area contributed by atoms with Crippen molar-refractivity contribution in [2.24, 2.45) is 0 Å². The highest BCUT2D eigenvalue weighted by Crippen LogP contribution is 2.20. The molecule has 3 nitrogen and oxygen atoms in total. The summed E-state index contributed by atoms with van der Waals surface area (Å²) in [6, 6.07) is 1.45. The molecule has 0 atom stereocenters. The number of hydrogen-bond donors (Lipinski definition) is 0. The number of halogens is 2. The van der Waals surface area contributed by atoms with Crippen LogP contribution in [-0.4, -0.2) is 4.92 Å². The van der Waals surface area contributed by atoms with Crippen molar-refractivity contribution in [3.8, 4) is 0 Å². The van der Waals surface area contributed by atoms with Gasteiger partial charge in [-0.1, -0.05) is 12.7 Å². The summed E-state index contributed by atoms with van der Waals surface area (Å²) >= 11 is 0. The quantitative estimate of drug-likeness (QED) is 0.524. The van der Waals surface area contributed by atoms with Crippen LogP contribution in [0.3, 0.4) is 0 Å². The van der Waals surface area contributed by atoms with Crippen molar-refractivity contribution in [1.29, 1.82) is 0 Å². The second-order valence-corrected chi connectivity index (χ2v) is 2.29. The lowest BCUT2D eigenvalue weighted by molar-refractivity contribution is -0.385. The third-order valence-corrected chi connectivity index (χ3v) is 1.47. The van der Waals surface area contributed by atoms with Crippen LogP contribution in [-0.2, 0) is 0 Å². The normalized spacial score (nSPS) is 9.69. The first-order chi connectivity index (χ1) is 6.06. The van der Waals surface area contributed by atoms with Crippen molar-refractivity contribution in [3.05, 3.63) is 46.0 Å². The zero-order chi connectivity index (χ0) is 10.0. The molecule has 0 saturated carbocycles. The maximum atomic E-state index is 12.8. The smallest absolute Gasteiger partial charge is 0.258 e. The number of nitrogens with zero attached hydrogens (tertiary/aromatic N) is 1. The van der Waals surface area contributed by atoms with Crippen LogP contribution in [0.15, 0.2) is 18.7 Å². The van der Waals surface area contributed by atoms with Gasteiger partial charge in [0.2, 0.25) is 0 Å². The van der Waals surface area contributed by atoms with E-state index in [-0.39, 0.29) is 5.56 Å². The molecular formula is C8H5F2NO2. The second-order valence-electron chi connectivity index (χ2n) is 2.29. The Morgan fingerprint density at radius 1 is 1.46 bits per heavy atom. The number of nitro groups is 1. The Bertz CT molecular complexity index is 377. The fourth-order valence-corrected chi connectivity index (χ4v) is 0.849. The lowest BCUT2D eigenvalue weighted by Crippen LogP contribution is -1.94. The topological polar surface area (TPSA) is 43.1 Å². The third kappa shape index (κ3) is 1.69. The summed E-state index contributed by atoms with van der Waals surface area (Å²) in [6.07, 6.45) is 1.02. The van der Waals surface area contributed by atoms with E-state index in [1.54, 1.807) is 0 Å². The van der Waals surface area contributed by atoms with Gasteiger partial charge in [-0.05, 0) is 0 Å². The van der Waals surface area contributed by atoms with E-state index in [4.69, 9.17) is 0 Å². The average molecular weight is 185 g/mol. The van der Waals surface area contributed by atoms with Crippen LogP contribution >= 0.6 is 0 Å². The van der Waals surface area contributed by atoms with Crippen LogP contribution in [0.2, 0.25) is 0 Å². The summed E-state index contributed by atoms with van der Waals surface area (Å²) in [7, 11) is 0. The fraction of sp³-hybridized carbons (Fsp3) is 0. The number of benzene rings is 1. The molecule has 0 bridgehead atoms. The molecular weight excluding hydrogens is 180 g/mol. The van der Waals surface area contributed by atoms with Gasteiger partial charge in [0, 0.05) is 11.6 Å². The Labute approximate surface area is 72.5 Å². The van der Waals surface area contributed by atoms with Gasteiger partial charge < -0.3 is 0 Å². The lowest BCUT2D eigenvalue weighted by Gasteiger charge is -1.97. The van der Waals surface area contributed by atoms with E-state index in [0.717, 1.165) is 12.1 Å². The summed E-state index contributed by atoms with van der Waals surface area (Å²) in [5, 5.41) is 10.2. The molecule has 0 aliphatic heterocycles. The predicted octanol–water partition coefficient (Wildman–Crippen LogP) is 2.52. The fourth-order valence-electron chi connectivity index (χ4n) is 0.849. The van der Waals surface area contributed by atoms with Crippen molar-refractivity contribution >= 4 is 11.8 Å². The van der Waals surface area contributed by atoms with Crippen LogP contribution in [0, 0.1) is 21.7 Å². The zero-order valence-corrected chi connectivity index (χ0v) is 6.46. The highest BCUT2D eigenvalue weighted by atomic mass is 19.2. The molecule has 0 radical (unpaired) electrons. The van der Waals surface area contributed by atoms with Gasteiger partial charge in [-0.15, -0.1) is 0 Å². The minimum absolute atomic E-state index is 0.216. The molecule has 0 spiro atoms. The molecule has 68 valence electrons. The summed E-state index contributed by atoms with van der Waals surface area (Å²) in [6.45, 7) is 3.20. The van der Waals surface area contributed by atoms with Gasteiger partial charge in [0.25, 0.3) is 5.69 Å². The van der Waals surface area contributed by atoms with Crippen molar-refractivity contribution < 1.29 is 13.7 Å². The standard InChI is InChI=1S/C8H5F2NO2/c1-2-5-3-6(11(12)13)4-7(9)8(5)10/h2-4H,1H2. The molecule has 5 heteroatoms. The van der Waals surface area contributed by atoms with E-state index < -0.39 is 22.2 Å². The Kier molecular flexibility index (Phi) is 2.36. The molecule has 1 rings (SSSR count). The number of hydrogen-bond acceptors (Lipinski definition) is 2. The first-order valence-electron chi connectivity index (χ1n) is 3.32. The van der Waals surface area contributed by atoms with E-state index in [9.17, 15) is 18.9 Å². The van der Waals surface area contributed by atoms with E-state index in [2.05, 4.69) is 6.58 Å². The van der Waals surface area contributed by atoms with Crippen molar-refractivity contribution in [3.63, 3.8) is 0 Å². The minimum atomic E-state index is -1.25. The molecule has 0 aromatic heterocycles. The number of non-ortho nitro benzene ring substituents is 1. The van der Waals surface area contributed by atoms with Crippen LogP contribution in [0.1, 0.15) is 5.56 Å². The lowest BCUT2D eigenvalue weighted by atomic mass is 10.2. The van der Waals surface area contributed by atoms with Gasteiger partial charge in [0.1, 0.15) is 0 Å². The van der Waals surface area contributed by atoms with E-state index in [1.165, 1.54) is 0 Å². The highest BCUT2D eigenvalue weighted by Gasteiger charge is 2.14. The molecule has 0 fully saturated rings. The first-order valence-corrected chi connectivity index (χ1v) is 3.32. The molecule has 1 aromatic rings. The van der Waals surface area contributed by atoms with Crippen molar-refractivity contribution in [2.75, 3.05) is 0 Å². The largest absolute Gasteiger partial charge is 0.273 e. The molecule has 0 N–H and O–H groups in total. The molecule has 0 amide bonds. The van der Waals surface area contributed by atoms with Crippen LogP contribution in [0.25, 0.3) is 6.08 Å². The summed E-state index contributed by atoms with van der Waals surface area (Å²) < 4.78 is 25.4. The zero-order valence-electron chi connectivity index (χ0n) is 6.46. The van der Waals surface area contributed by atoms with E-state index in [1.807, 2.05) is 0 Å². The molecule has 0 aliphatic rings. The van der Waals surface area contributed by atoms with Crippen molar-refractivity contribution in [2.45, 2.75) is 0 Å². The van der Waals surface area contributed by atoms with Gasteiger partial charge >= 0.3 is 0 Å². The van der Waals surface area contributed by atoms with Crippen LogP contribution in [0.5, 0.6) is 0 Å². The summed E-state index contributed by atoms with van der Waals surface area (Å²) in [4.78, 5) is 9.42. The van der Waals surface area contributed by atoms with Gasteiger partial charge in [-0.2, -0.15) is 0 Å². The Morgan fingerprint density at radius 3 is 2.54 bits per heavy atom. The maximum absolute atomic E-state index is 12.8. The molecule has 13 heavy (non-hydrogen) atoms. The van der Waals surface area contributed by atoms with Gasteiger partial charge in [-0.25, -0.2) is 8.78 Å². The van der Waals surface area contributed by atoms with Gasteiger partial charge in [-0.3, -0.25) is 10.1 Å². The highest BCUT2D eigenvalue weighted by molar-refractivity contribution is 5.52. The predicted molar refractivity (Wildman–Crippen MR) is 43.1 cm³/mol. The Morgan fingerprint density at radius 2 is 2.08 bits per heavy atom.